The Morgan fingerprint density at radius 2 is 2.02 bits per heavy atom. The normalized spacial score (nSPS) is 39.1. The summed E-state index contributed by atoms with van der Waals surface area (Å²) >= 11 is 0. The average Bonchev–Trinajstić information content (AvgIpc) is 3.25. The summed E-state index contributed by atoms with van der Waals surface area (Å²) in [5.74, 6) is -2.50. The summed E-state index contributed by atoms with van der Waals surface area (Å²) in [7, 11) is -2.09. The van der Waals surface area contributed by atoms with E-state index in [2.05, 4.69) is 20.6 Å². The molecule has 3 fully saturated rings. The van der Waals surface area contributed by atoms with E-state index in [1.165, 1.54) is 12.1 Å². The number of amides is 1. The second-order valence-corrected chi connectivity index (χ2v) is 12.7. The molecule has 2 aliphatic heterocycles. The maximum absolute atomic E-state index is 13.1. The Morgan fingerprint density at radius 1 is 1.27 bits per heavy atom. The van der Waals surface area contributed by atoms with Crippen molar-refractivity contribution in [3.63, 3.8) is 0 Å². The second-order valence-electron chi connectivity index (χ2n) is 10.9. The Morgan fingerprint density at radius 3 is 2.70 bits per heavy atom. The summed E-state index contributed by atoms with van der Waals surface area (Å²) in [6.45, 7) is 4.72. The zero-order valence-corrected chi connectivity index (χ0v) is 23.6. The highest BCUT2D eigenvalue weighted by Crippen LogP contribution is 2.44. The van der Waals surface area contributed by atoms with Gasteiger partial charge in [0.05, 0.1) is 47.8 Å². The molecule has 1 aromatic carbocycles. The minimum atomic E-state index is -3.74. The standard InChI is InChI=1S/C25H37N4O10P/c1-5-13-20(31)19(26-3)22-23(21(13)32)37-24-25(33,38-22)16(8-11(2)36-24)29-18(30)10-17-27-14-7-6-12(9-15(14)28-17)39-40(4,34)35/h6-7,9,11,13,16,19-24,26,31-33H,5,8,10H2,1-4H3,(H,27,28)(H,29,30)(H,34,35)/t11-,13-,16-,19+,20+,21+,22-,23-,24+,25+/m1/s1. The maximum atomic E-state index is 13.1. The second kappa shape index (κ2) is 10.9. The molecule has 40 heavy (non-hydrogen) atoms. The van der Waals surface area contributed by atoms with Crippen LogP contribution >= 0.6 is 7.60 Å². The predicted octanol–water partition coefficient (Wildman–Crippen LogP) is -0.259. The van der Waals surface area contributed by atoms with E-state index in [0.29, 0.717) is 23.3 Å². The Labute approximate surface area is 230 Å². The number of aliphatic hydroxyl groups is 3. The summed E-state index contributed by atoms with van der Waals surface area (Å²) in [5, 5.41) is 39.4. The first-order valence-electron chi connectivity index (χ1n) is 13.3. The fourth-order valence-corrected chi connectivity index (χ4v) is 6.52. The molecule has 1 amide bonds. The third kappa shape index (κ3) is 5.52. The van der Waals surface area contributed by atoms with Crippen LogP contribution in [-0.4, -0.2) is 104 Å². The number of aromatic amines is 1. The first-order chi connectivity index (χ1) is 18.8. The van der Waals surface area contributed by atoms with Gasteiger partial charge in [-0.05, 0) is 38.9 Å². The van der Waals surface area contributed by atoms with Gasteiger partial charge in [-0.2, -0.15) is 0 Å². The molecule has 222 valence electrons. The van der Waals surface area contributed by atoms with Gasteiger partial charge in [0.25, 0.3) is 0 Å². The number of aromatic nitrogens is 2. The van der Waals surface area contributed by atoms with E-state index < -0.39 is 74.1 Å². The number of carbonyl (C=O) groups is 1. The lowest BCUT2D eigenvalue weighted by atomic mass is 9.74. The molecule has 3 heterocycles. The highest BCUT2D eigenvalue weighted by Gasteiger charge is 2.63. The highest BCUT2D eigenvalue weighted by atomic mass is 31.2. The van der Waals surface area contributed by atoms with Crippen LogP contribution in [0.3, 0.4) is 0 Å². The minimum Gasteiger partial charge on any atom is -0.425 e. The number of benzene rings is 1. The lowest BCUT2D eigenvalue weighted by Crippen LogP contribution is -2.77. The van der Waals surface area contributed by atoms with Crippen LogP contribution < -0.4 is 15.2 Å². The van der Waals surface area contributed by atoms with E-state index >= 15 is 0 Å². The van der Waals surface area contributed by atoms with Gasteiger partial charge in [0, 0.05) is 18.6 Å². The van der Waals surface area contributed by atoms with Gasteiger partial charge in [-0.3, -0.25) is 4.79 Å². The summed E-state index contributed by atoms with van der Waals surface area (Å²) in [5.41, 5.74) is 1.05. The monoisotopic (exact) mass is 584 g/mol. The molecule has 0 bridgehead atoms. The number of hydrogen-bond donors (Lipinski definition) is 7. The molecular formula is C25H37N4O10P. The summed E-state index contributed by atoms with van der Waals surface area (Å²) < 4.78 is 34.7. The van der Waals surface area contributed by atoms with Crippen LogP contribution in [0.4, 0.5) is 0 Å². The average molecular weight is 585 g/mol. The van der Waals surface area contributed by atoms with Gasteiger partial charge in [-0.1, -0.05) is 6.92 Å². The number of carbonyl (C=O) groups excluding carboxylic acids is 1. The Hall–Kier alpha value is -2.13. The Bertz CT molecular complexity index is 1290. The molecule has 1 unspecified atom stereocenters. The zero-order valence-electron chi connectivity index (χ0n) is 22.7. The van der Waals surface area contributed by atoms with Crippen LogP contribution in [0, 0.1) is 5.92 Å². The molecule has 11 atom stereocenters. The van der Waals surface area contributed by atoms with Crippen molar-refractivity contribution in [3.05, 3.63) is 24.0 Å². The number of nitrogens with zero attached hydrogens (tertiary/aromatic N) is 1. The van der Waals surface area contributed by atoms with Gasteiger partial charge in [0.1, 0.15) is 23.8 Å². The van der Waals surface area contributed by atoms with Crippen LogP contribution in [0.15, 0.2) is 18.2 Å². The molecule has 5 rings (SSSR count). The number of fused-ring (bicyclic) bond motifs is 3. The van der Waals surface area contributed by atoms with Crippen LogP contribution in [0.5, 0.6) is 5.75 Å². The third-order valence-electron chi connectivity index (χ3n) is 7.87. The van der Waals surface area contributed by atoms with Crippen LogP contribution in [0.1, 0.15) is 32.5 Å². The molecule has 15 heteroatoms. The topological polar surface area (TPSA) is 205 Å². The number of ether oxygens (including phenoxy) is 3. The lowest BCUT2D eigenvalue weighted by molar-refractivity contribution is -0.450. The summed E-state index contributed by atoms with van der Waals surface area (Å²) in [4.78, 5) is 30.0. The summed E-state index contributed by atoms with van der Waals surface area (Å²) in [6.07, 6.45) is -4.91. The van der Waals surface area contributed by atoms with E-state index in [0.717, 1.165) is 6.66 Å². The number of nitrogens with one attached hydrogen (secondary N) is 3. The molecule has 3 aliphatic rings. The maximum Gasteiger partial charge on any atom is 0.373 e. The van der Waals surface area contributed by atoms with Gasteiger partial charge >= 0.3 is 7.60 Å². The molecule has 1 saturated carbocycles. The fourth-order valence-electron chi connectivity index (χ4n) is 6.02. The van der Waals surface area contributed by atoms with Crippen molar-refractivity contribution in [1.29, 1.82) is 0 Å². The van der Waals surface area contributed by atoms with Gasteiger partial charge in [0.2, 0.25) is 18.0 Å². The predicted molar refractivity (Wildman–Crippen MR) is 140 cm³/mol. The Kier molecular flexibility index (Phi) is 8.03. The lowest BCUT2D eigenvalue weighted by Gasteiger charge is -2.58. The quantitative estimate of drug-likeness (QED) is 0.210. The van der Waals surface area contributed by atoms with Gasteiger partial charge < -0.3 is 54.6 Å². The minimum absolute atomic E-state index is 0.161. The summed E-state index contributed by atoms with van der Waals surface area (Å²) in [6, 6.07) is 3.05. The van der Waals surface area contributed by atoms with Gasteiger partial charge in [0.15, 0.2) is 0 Å². The zero-order chi connectivity index (χ0) is 29.0. The van der Waals surface area contributed by atoms with Crippen molar-refractivity contribution in [3.8, 4) is 5.75 Å². The molecular weight excluding hydrogens is 547 g/mol. The first-order valence-corrected chi connectivity index (χ1v) is 15.4. The van der Waals surface area contributed by atoms with Crippen LogP contribution in [-0.2, 0) is 30.0 Å². The van der Waals surface area contributed by atoms with E-state index in [-0.39, 0.29) is 18.6 Å². The van der Waals surface area contributed by atoms with E-state index in [1.807, 2.05) is 6.92 Å². The van der Waals surface area contributed by atoms with Crippen molar-refractivity contribution in [2.75, 3.05) is 13.7 Å². The smallest absolute Gasteiger partial charge is 0.373 e. The largest absolute Gasteiger partial charge is 0.425 e. The molecule has 1 aromatic heterocycles. The van der Waals surface area contributed by atoms with Crippen molar-refractivity contribution in [1.82, 2.24) is 20.6 Å². The number of hydrogen-bond acceptors (Lipinski definition) is 11. The van der Waals surface area contributed by atoms with Crippen LogP contribution in [0.25, 0.3) is 11.0 Å². The highest BCUT2D eigenvalue weighted by molar-refractivity contribution is 7.52. The van der Waals surface area contributed by atoms with Gasteiger partial charge in [-0.25, -0.2) is 9.55 Å². The van der Waals surface area contributed by atoms with E-state index in [1.54, 1.807) is 20.0 Å². The number of imidazole rings is 1. The molecule has 2 aromatic rings. The first kappa shape index (κ1) is 29.4. The third-order valence-corrected chi connectivity index (χ3v) is 8.42. The molecule has 7 N–H and O–H groups in total. The Balaban J connectivity index is 1.32. The van der Waals surface area contributed by atoms with Crippen molar-refractivity contribution in [2.45, 2.75) is 87.8 Å². The molecule has 1 aliphatic carbocycles. The van der Waals surface area contributed by atoms with Crippen molar-refractivity contribution >= 4 is 24.5 Å². The van der Waals surface area contributed by atoms with Crippen molar-refractivity contribution < 1.29 is 48.3 Å². The number of rotatable bonds is 7. The number of H-pyrrole nitrogens is 1. The fraction of sp³-hybridized carbons (Fsp3) is 0.680. The molecule has 0 spiro atoms. The van der Waals surface area contributed by atoms with Crippen LogP contribution in [0.2, 0.25) is 0 Å². The molecule has 14 nitrogen and oxygen atoms in total. The number of likely N-dealkylation sites (N-methyl/N-ethyl adjacent to an activating group) is 1. The van der Waals surface area contributed by atoms with E-state index in [9.17, 15) is 29.6 Å². The van der Waals surface area contributed by atoms with Crippen molar-refractivity contribution in [2.24, 2.45) is 5.92 Å². The van der Waals surface area contributed by atoms with E-state index in [4.69, 9.17) is 18.7 Å². The SMILES string of the molecule is CC[C@@H]1[C@H](O)[C@H](NC)[C@H]2O[C@]3(O)[C@H](O[C@@H]2[C@H]1O)O[C@H](C)C[C@H]3NC(=O)Cc1nc2ccc(OP(C)(=O)O)cc2[nH]1. The molecule has 2 saturated heterocycles. The number of aliphatic hydroxyl groups excluding tert-OH is 2. The molecule has 0 radical (unpaired) electrons. The van der Waals surface area contributed by atoms with Gasteiger partial charge in [-0.15, -0.1) is 0 Å².